The molecule has 0 aromatic rings. The van der Waals surface area contributed by atoms with Crippen LogP contribution in [0.4, 0.5) is 0 Å². The van der Waals surface area contributed by atoms with Crippen LogP contribution >= 0.6 is 0 Å². The van der Waals surface area contributed by atoms with Gasteiger partial charge in [-0.15, -0.1) is 0 Å². The molecular weight excluding hydrogens is 256 g/mol. The van der Waals surface area contributed by atoms with Gasteiger partial charge in [0.15, 0.2) is 0 Å². The molecule has 1 unspecified atom stereocenters. The molecule has 1 nitrogen and oxygen atoms in total. The van der Waals surface area contributed by atoms with E-state index in [1.807, 2.05) is 6.92 Å². The Hall–Kier alpha value is -0.330. The molecule has 0 aliphatic carbocycles. The van der Waals surface area contributed by atoms with Gasteiger partial charge < -0.3 is 4.79 Å². The molecule has 0 bridgehead atoms. The van der Waals surface area contributed by atoms with Gasteiger partial charge in [0.05, 0.1) is 0 Å². The van der Waals surface area contributed by atoms with Gasteiger partial charge in [-0.25, -0.2) is 0 Å². The van der Waals surface area contributed by atoms with Gasteiger partial charge in [-0.3, -0.25) is 0 Å². The second kappa shape index (κ2) is 17.7. The van der Waals surface area contributed by atoms with Crippen LogP contribution in [0.25, 0.3) is 0 Å². The van der Waals surface area contributed by atoms with Crippen LogP contribution < -0.4 is 0 Å². The second-order valence-electron chi connectivity index (χ2n) is 6.85. The molecule has 0 aromatic carbocycles. The van der Waals surface area contributed by atoms with Crippen LogP contribution in [-0.4, -0.2) is 6.29 Å². The smallest absolute Gasteiger partial charge is 0.122 e. The molecule has 1 heteroatoms. The van der Waals surface area contributed by atoms with E-state index in [9.17, 15) is 4.79 Å². The van der Waals surface area contributed by atoms with E-state index in [1.165, 1.54) is 96.3 Å². The van der Waals surface area contributed by atoms with E-state index in [0.717, 1.165) is 12.7 Å². The summed E-state index contributed by atoms with van der Waals surface area (Å²) in [6.07, 6.45) is 23.3. The number of hydrogen-bond acceptors (Lipinski definition) is 1. The molecule has 0 heterocycles. The Morgan fingerprint density at radius 2 is 0.952 bits per heavy atom. The summed E-state index contributed by atoms with van der Waals surface area (Å²) >= 11 is 0. The highest BCUT2D eigenvalue weighted by molar-refractivity contribution is 5.52. The number of unbranched alkanes of at least 4 members (excludes halogenated alkanes) is 14. The highest BCUT2D eigenvalue weighted by Gasteiger charge is 1.98. The molecule has 0 saturated carbocycles. The molecule has 0 aromatic heterocycles. The summed E-state index contributed by atoms with van der Waals surface area (Å²) in [5.74, 6) is 0.270. The zero-order valence-corrected chi connectivity index (χ0v) is 14.9. The molecule has 0 aliphatic heterocycles. The van der Waals surface area contributed by atoms with Gasteiger partial charge >= 0.3 is 0 Å². The molecule has 0 rings (SSSR count). The minimum atomic E-state index is 0.270. The maximum atomic E-state index is 10.5. The van der Waals surface area contributed by atoms with E-state index in [-0.39, 0.29) is 5.92 Å². The quantitative estimate of drug-likeness (QED) is 0.207. The predicted octanol–water partition coefficient (Wildman–Crippen LogP) is 7.08. The Balaban J connectivity index is 2.98. The maximum Gasteiger partial charge on any atom is 0.122 e. The van der Waals surface area contributed by atoms with Gasteiger partial charge in [-0.05, 0) is 6.42 Å². The third kappa shape index (κ3) is 17.6. The number of rotatable bonds is 17. The van der Waals surface area contributed by atoms with Crippen LogP contribution in [-0.2, 0) is 4.79 Å². The average molecular weight is 297 g/mol. The standard InChI is InChI=1S/C20H40O/c1-3-4-5-6-7-8-9-10-11-12-13-14-15-16-17-18-20(2)19-21/h19-20H,3-18H2,1-2H3. The van der Waals surface area contributed by atoms with Crippen molar-refractivity contribution in [1.29, 1.82) is 0 Å². The highest BCUT2D eigenvalue weighted by atomic mass is 16.1. The monoisotopic (exact) mass is 296 g/mol. The lowest BCUT2D eigenvalue weighted by molar-refractivity contribution is -0.110. The van der Waals surface area contributed by atoms with Gasteiger partial charge in [-0.1, -0.05) is 110 Å². The second-order valence-corrected chi connectivity index (χ2v) is 6.85. The summed E-state index contributed by atoms with van der Waals surface area (Å²) < 4.78 is 0. The van der Waals surface area contributed by atoms with E-state index in [4.69, 9.17) is 0 Å². The number of hydrogen-bond donors (Lipinski definition) is 0. The third-order valence-electron chi connectivity index (χ3n) is 4.50. The van der Waals surface area contributed by atoms with Crippen molar-refractivity contribution >= 4 is 6.29 Å². The predicted molar refractivity (Wildman–Crippen MR) is 94.8 cm³/mol. The summed E-state index contributed by atoms with van der Waals surface area (Å²) in [4.78, 5) is 10.5. The topological polar surface area (TPSA) is 17.1 Å². The summed E-state index contributed by atoms with van der Waals surface area (Å²) in [6.45, 7) is 4.31. The minimum Gasteiger partial charge on any atom is -0.303 e. The third-order valence-corrected chi connectivity index (χ3v) is 4.50. The molecule has 0 N–H and O–H groups in total. The van der Waals surface area contributed by atoms with Crippen molar-refractivity contribution in [2.45, 2.75) is 117 Å². The van der Waals surface area contributed by atoms with Gasteiger partial charge in [0, 0.05) is 5.92 Å². The van der Waals surface area contributed by atoms with E-state index in [2.05, 4.69) is 6.92 Å². The van der Waals surface area contributed by atoms with Crippen molar-refractivity contribution in [1.82, 2.24) is 0 Å². The van der Waals surface area contributed by atoms with Crippen LogP contribution in [0.3, 0.4) is 0 Å². The molecule has 126 valence electrons. The van der Waals surface area contributed by atoms with Crippen molar-refractivity contribution in [3.05, 3.63) is 0 Å². The molecule has 0 fully saturated rings. The lowest BCUT2D eigenvalue weighted by Crippen LogP contribution is -1.94. The lowest BCUT2D eigenvalue weighted by atomic mass is 10.0. The Morgan fingerprint density at radius 1 is 0.619 bits per heavy atom. The lowest BCUT2D eigenvalue weighted by Gasteiger charge is -2.04. The van der Waals surface area contributed by atoms with Gasteiger partial charge in [0.25, 0.3) is 0 Å². The molecule has 0 saturated heterocycles. The molecular formula is C20H40O. The zero-order chi connectivity index (χ0) is 15.6. The van der Waals surface area contributed by atoms with Crippen LogP contribution in [0.5, 0.6) is 0 Å². The fourth-order valence-electron chi connectivity index (χ4n) is 2.91. The van der Waals surface area contributed by atoms with Crippen molar-refractivity contribution in [2.24, 2.45) is 5.92 Å². The van der Waals surface area contributed by atoms with Crippen LogP contribution in [0.15, 0.2) is 0 Å². The molecule has 0 radical (unpaired) electrons. The first kappa shape index (κ1) is 20.7. The average Bonchev–Trinajstić information content (AvgIpc) is 2.50. The molecule has 0 spiro atoms. The normalized spacial score (nSPS) is 12.5. The largest absolute Gasteiger partial charge is 0.303 e. The summed E-state index contributed by atoms with van der Waals surface area (Å²) in [6, 6.07) is 0. The SMILES string of the molecule is CCCCCCCCCCCCCCCCCC(C)C=O. The van der Waals surface area contributed by atoms with Crippen LogP contribution in [0.2, 0.25) is 0 Å². The first-order chi connectivity index (χ1) is 10.3. The Kier molecular flexibility index (Phi) is 17.4. The van der Waals surface area contributed by atoms with Gasteiger partial charge in [0.2, 0.25) is 0 Å². The van der Waals surface area contributed by atoms with E-state index >= 15 is 0 Å². The Morgan fingerprint density at radius 3 is 1.29 bits per heavy atom. The first-order valence-electron chi connectivity index (χ1n) is 9.76. The maximum absolute atomic E-state index is 10.5. The minimum absolute atomic E-state index is 0.270. The van der Waals surface area contributed by atoms with E-state index < -0.39 is 0 Å². The summed E-state index contributed by atoms with van der Waals surface area (Å²) in [5.41, 5.74) is 0. The van der Waals surface area contributed by atoms with Gasteiger partial charge in [-0.2, -0.15) is 0 Å². The molecule has 0 amide bonds. The van der Waals surface area contributed by atoms with Crippen molar-refractivity contribution in [2.75, 3.05) is 0 Å². The Bertz CT molecular complexity index is 200. The highest BCUT2D eigenvalue weighted by Crippen LogP contribution is 2.14. The van der Waals surface area contributed by atoms with Gasteiger partial charge in [0.1, 0.15) is 6.29 Å². The number of carbonyl (C=O) groups is 1. The fourth-order valence-corrected chi connectivity index (χ4v) is 2.91. The van der Waals surface area contributed by atoms with Crippen molar-refractivity contribution < 1.29 is 4.79 Å². The zero-order valence-electron chi connectivity index (χ0n) is 14.9. The summed E-state index contributed by atoms with van der Waals surface area (Å²) in [7, 11) is 0. The van der Waals surface area contributed by atoms with Crippen molar-refractivity contribution in [3.8, 4) is 0 Å². The number of aldehydes is 1. The molecule has 0 aliphatic rings. The van der Waals surface area contributed by atoms with E-state index in [1.54, 1.807) is 0 Å². The number of carbonyl (C=O) groups excluding carboxylic acids is 1. The van der Waals surface area contributed by atoms with E-state index in [0.29, 0.717) is 0 Å². The molecule has 1 atom stereocenters. The fraction of sp³-hybridized carbons (Fsp3) is 0.950. The Labute approximate surface area is 134 Å². The summed E-state index contributed by atoms with van der Waals surface area (Å²) in [5, 5.41) is 0. The van der Waals surface area contributed by atoms with Crippen LogP contribution in [0.1, 0.15) is 117 Å². The van der Waals surface area contributed by atoms with Crippen LogP contribution in [0, 0.1) is 5.92 Å². The molecule has 21 heavy (non-hydrogen) atoms. The first-order valence-corrected chi connectivity index (χ1v) is 9.76. The van der Waals surface area contributed by atoms with Crippen molar-refractivity contribution in [3.63, 3.8) is 0 Å².